The number of nitrogens with one attached hydrogen (secondary N) is 1. The second-order valence-corrected chi connectivity index (χ2v) is 8.11. The van der Waals surface area contributed by atoms with E-state index in [1.54, 1.807) is 0 Å². The Morgan fingerprint density at radius 1 is 1.14 bits per heavy atom. The van der Waals surface area contributed by atoms with Gasteiger partial charge in [0.1, 0.15) is 11.5 Å². The Kier molecular flexibility index (Phi) is 5.12. The molecule has 0 bridgehead atoms. The lowest BCUT2D eigenvalue weighted by Gasteiger charge is -2.14. The van der Waals surface area contributed by atoms with Gasteiger partial charge in [-0.15, -0.1) is 0 Å². The maximum absolute atomic E-state index is 11.0. The largest absolute Gasteiger partial charge is 0.481 e. The summed E-state index contributed by atoms with van der Waals surface area (Å²) in [5.74, 6) is 1.60. The minimum atomic E-state index is -0.819. The summed E-state index contributed by atoms with van der Waals surface area (Å²) in [6.07, 6.45) is 8.70. The quantitative estimate of drug-likeness (QED) is 0.559. The number of aromatic amines is 1. The standard InChI is InChI=1S/C24H27NO3/c1-15-9-18(12-23(26)27)10-16(2)24(15)28-20-7-8-22-21(13-20)19(14-25-22)11-17-5-3-4-6-17/h7-10,13-14,17,25H,3-6,11-12H2,1-2H3,(H,26,27). The number of carboxylic acid groups (broad SMARTS) is 1. The van der Waals surface area contributed by atoms with Gasteiger partial charge in [0.15, 0.2) is 0 Å². The zero-order valence-electron chi connectivity index (χ0n) is 16.5. The van der Waals surface area contributed by atoms with Crippen LogP contribution in [0.15, 0.2) is 36.5 Å². The van der Waals surface area contributed by atoms with Crippen molar-refractivity contribution in [3.05, 3.63) is 58.8 Å². The zero-order valence-corrected chi connectivity index (χ0v) is 16.5. The highest BCUT2D eigenvalue weighted by Crippen LogP contribution is 2.34. The lowest BCUT2D eigenvalue weighted by Crippen LogP contribution is -2.02. The number of aromatic nitrogens is 1. The van der Waals surface area contributed by atoms with Gasteiger partial charge >= 0.3 is 5.97 Å². The molecule has 0 saturated heterocycles. The molecule has 4 heteroatoms. The van der Waals surface area contributed by atoms with Crippen LogP contribution in [-0.4, -0.2) is 16.1 Å². The number of rotatable bonds is 6. The van der Waals surface area contributed by atoms with Crippen molar-refractivity contribution in [3.8, 4) is 11.5 Å². The number of carbonyl (C=O) groups is 1. The number of hydrogen-bond donors (Lipinski definition) is 2. The van der Waals surface area contributed by atoms with E-state index in [2.05, 4.69) is 23.3 Å². The summed E-state index contributed by atoms with van der Waals surface area (Å²) in [4.78, 5) is 14.4. The van der Waals surface area contributed by atoms with E-state index in [0.29, 0.717) is 0 Å². The Morgan fingerprint density at radius 2 is 1.86 bits per heavy atom. The van der Waals surface area contributed by atoms with Gasteiger partial charge in [-0.2, -0.15) is 0 Å². The lowest BCUT2D eigenvalue weighted by molar-refractivity contribution is -0.136. The number of fused-ring (bicyclic) bond motifs is 1. The van der Waals surface area contributed by atoms with Crippen LogP contribution in [0, 0.1) is 19.8 Å². The van der Waals surface area contributed by atoms with Crippen molar-refractivity contribution in [1.82, 2.24) is 4.98 Å². The molecule has 4 nitrogen and oxygen atoms in total. The summed E-state index contributed by atoms with van der Waals surface area (Å²) in [6, 6.07) is 9.99. The van der Waals surface area contributed by atoms with Gasteiger partial charge in [0.2, 0.25) is 0 Å². The van der Waals surface area contributed by atoms with Crippen molar-refractivity contribution >= 4 is 16.9 Å². The molecule has 146 valence electrons. The van der Waals surface area contributed by atoms with Crippen LogP contribution in [0.4, 0.5) is 0 Å². The molecule has 0 radical (unpaired) electrons. The number of aryl methyl sites for hydroxylation is 2. The second-order valence-electron chi connectivity index (χ2n) is 8.11. The van der Waals surface area contributed by atoms with E-state index in [4.69, 9.17) is 9.84 Å². The Bertz CT molecular complexity index is 989. The molecule has 1 aliphatic carbocycles. The van der Waals surface area contributed by atoms with Gasteiger partial charge in [-0.3, -0.25) is 4.79 Å². The van der Waals surface area contributed by atoms with Crippen LogP contribution in [0.5, 0.6) is 11.5 Å². The third-order valence-corrected chi connectivity index (χ3v) is 5.82. The highest BCUT2D eigenvalue weighted by atomic mass is 16.5. The van der Waals surface area contributed by atoms with Crippen molar-refractivity contribution < 1.29 is 14.6 Å². The fraction of sp³-hybridized carbons (Fsp3) is 0.375. The fourth-order valence-electron chi connectivity index (χ4n) is 4.51. The van der Waals surface area contributed by atoms with Crippen LogP contribution in [0.3, 0.4) is 0 Å². The zero-order chi connectivity index (χ0) is 19.7. The van der Waals surface area contributed by atoms with Gasteiger partial charge in [-0.05, 0) is 66.6 Å². The van der Waals surface area contributed by atoms with Crippen LogP contribution >= 0.6 is 0 Å². The molecule has 1 fully saturated rings. The highest BCUT2D eigenvalue weighted by molar-refractivity contribution is 5.84. The van der Waals surface area contributed by atoms with Crippen molar-refractivity contribution in [2.45, 2.75) is 52.4 Å². The van der Waals surface area contributed by atoms with E-state index in [1.807, 2.05) is 32.0 Å². The molecule has 1 saturated carbocycles. The maximum Gasteiger partial charge on any atom is 0.307 e. The van der Waals surface area contributed by atoms with Crippen LogP contribution in [-0.2, 0) is 17.6 Å². The number of ether oxygens (including phenoxy) is 1. The Hall–Kier alpha value is -2.75. The number of aliphatic carboxylic acids is 1. The van der Waals surface area contributed by atoms with Crippen LogP contribution in [0.1, 0.15) is 47.9 Å². The minimum Gasteiger partial charge on any atom is -0.481 e. The fourth-order valence-corrected chi connectivity index (χ4v) is 4.51. The Labute approximate surface area is 165 Å². The minimum absolute atomic E-state index is 0.0296. The lowest BCUT2D eigenvalue weighted by atomic mass is 9.97. The average molecular weight is 377 g/mol. The predicted octanol–water partition coefficient (Wildman–Crippen LogP) is 5.94. The predicted molar refractivity (Wildman–Crippen MR) is 111 cm³/mol. The first-order valence-corrected chi connectivity index (χ1v) is 10.1. The highest BCUT2D eigenvalue weighted by Gasteiger charge is 2.18. The number of benzene rings is 2. The molecule has 2 aromatic carbocycles. The van der Waals surface area contributed by atoms with Crippen LogP contribution in [0.25, 0.3) is 10.9 Å². The molecule has 0 spiro atoms. The van der Waals surface area contributed by atoms with E-state index in [0.717, 1.165) is 46.0 Å². The third kappa shape index (κ3) is 3.91. The second kappa shape index (κ2) is 7.70. The topological polar surface area (TPSA) is 62.3 Å². The molecule has 3 aromatic rings. The normalized spacial score (nSPS) is 14.6. The average Bonchev–Trinajstić information content (AvgIpc) is 3.28. The molecule has 0 amide bonds. The molecule has 1 aliphatic rings. The summed E-state index contributed by atoms with van der Waals surface area (Å²) in [6.45, 7) is 3.93. The first-order valence-electron chi connectivity index (χ1n) is 10.1. The van der Waals surface area contributed by atoms with Crippen molar-refractivity contribution in [2.75, 3.05) is 0 Å². The van der Waals surface area contributed by atoms with E-state index in [1.165, 1.54) is 36.6 Å². The van der Waals surface area contributed by atoms with Crippen LogP contribution < -0.4 is 4.74 Å². The first kappa shape index (κ1) is 18.6. The molecular formula is C24H27NO3. The molecule has 28 heavy (non-hydrogen) atoms. The number of hydrogen-bond acceptors (Lipinski definition) is 2. The smallest absolute Gasteiger partial charge is 0.307 e. The molecule has 0 aliphatic heterocycles. The first-order chi connectivity index (χ1) is 13.5. The van der Waals surface area contributed by atoms with Crippen molar-refractivity contribution in [1.29, 1.82) is 0 Å². The third-order valence-electron chi connectivity index (χ3n) is 5.82. The summed E-state index contributed by atoms with van der Waals surface area (Å²) in [5, 5.41) is 10.3. The number of H-pyrrole nitrogens is 1. The van der Waals surface area contributed by atoms with Gasteiger partial charge in [-0.25, -0.2) is 0 Å². The summed E-state index contributed by atoms with van der Waals surface area (Å²) in [5.41, 5.74) is 5.23. The van der Waals surface area contributed by atoms with Crippen LogP contribution in [0.2, 0.25) is 0 Å². The van der Waals surface area contributed by atoms with Gasteiger partial charge in [0.05, 0.1) is 6.42 Å². The van der Waals surface area contributed by atoms with E-state index in [-0.39, 0.29) is 6.42 Å². The molecule has 0 unspecified atom stereocenters. The number of carboxylic acids is 1. The van der Waals surface area contributed by atoms with Gasteiger partial charge < -0.3 is 14.8 Å². The molecule has 4 rings (SSSR count). The summed E-state index contributed by atoms with van der Waals surface area (Å²) in [7, 11) is 0. The van der Waals surface area contributed by atoms with E-state index in [9.17, 15) is 4.79 Å². The molecular weight excluding hydrogens is 350 g/mol. The van der Waals surface area contributed by atoms with E-state index < -0.39 is 5.97 Å². The van der Waals surface area contributed by atoms with Gasteiger partial charge in [-0.1, -0.05) is 37.8 Å². The summed E-state index contributed by atoms with van der Waals surface area (Å²) >= 11 is 0. The molecule has 2 N–H and O–H groups in total. The van der Waals surface area contributed by atoms with E-state index >= 15 is 0 Å². The van der Waals surface area contributed by atoms with Gasteiger partial charge in [0.25, 0.3) is 0 Å². The van der Waals surface area contributed by atoms with Crippen molar-refractivity contribution in [3.63, 3.8) is 0 Å². The monoisotopic (exact) mass is 377 g/mol. The SMILES string of the molecule is Cc1cc(CC(=O)O)cc(C)c1Oc1ccc2[nH]cc(CC3CCCC3)c2c1. The molecule has 1 aromatic heterocycles. The summed E-state index contributed by atoms with van der Waals surface area (Å²) < 4.78 is 6.24. The maximum atomic E-state index is 11.0. The Balaban J connectivity index is 1.60. The Morgan fingerprint density at radius 3 is 2.54 bits per heavy atom. The van der Waals surface area contributed by atoms with Crippen molar-refractivity contribution in [2.24, 2.45) is 5.92 Å². The van der Waals surface area contributed by atoms with Gasteiger partial charge in [0, 0.05) is 17.1 Å². The molecule has 0 atom stereocenters. The molecule has 1 heterocycles.